The molecule has 162 valence electrons. The molecule has 0 unspecified atom stereocenters. The maximum Gasteiger partial charge on any atom is 0.275 e. The molecule has 2 saturated heterocycles. The summed E-state index contributed by atoms with van der Waals surface area (Å²) in [6.07, 6.45) is -4.36. The van der Waals surface area contributed by atoms with Crippen molar-refractivity contribution in [2.75, 3.05) is 13.7 Å². The Labute approximate surface area is 175 Å². The Hall–Kier alpha value is -1.85. The molecule has 0 spiro atoms. The fourth-order valence-electron chi connectivity index (χ4n) is 3.78. The molecule has 2 aromatic carbocycles. The summed E-state index contributed by atoms with van der Waals surface area (Å²) in [4.78, 5) is 0. The molecule has 1 N–H and O–H groups in total. The number of rotatable bonds is 6. The second-order valence-electron chi connectivity index (χ2n) is 7.20. The Bertz CT molecular complexity index is 921. The monoisotopic (exact) mass is 436 g/mol. The van der Waals surface area contributed by atoms with E-state index in [0.29, 0.717) is 0 Å². The molecule has 4 rings (SSSR count). The Balaban J connectivity index is 1.63. The van der Waals surface area contributed by atoms with Crippen molar-refractivity contribution in [3.63, 3.8) is 0 Å². The molecule has 8 nitrogen and oxygen atoms in total. The molecular formula is C21H24O8S. The van der Waals surface area contributed by atoms with Crippen LogP contribution in [0.3, 0.4) is 0 Å². The molecule has 2 aromatic rings. The van der Waals surface area contributed by atoms with Gasteiger partial charge in [0.05, 0.1) is 13.2 Å². The Morgan fingerprint density at radius 2 is 1.70 bits per heavy atom. The molecule has 2 aliphatic rings. The summed E-state index contributed by atoms with van der Waals surface area (Å²) in [5.74, 6) is 0. The standard InChI is InChI=1S/C21H24O8S/c1-25-21-19(30(22,23)24)18(26-12-14-8-4-2-5-9-14)17-16(28-21)13-27-20(29-17)15-10-6-3-7-11-15/h2-11,16-21H,12-13H2,1H3,(H,22,23,24)/t16-,17-,18+,19+,20-,21+/m1/s1. The van der Waals surface area contributed by atoms with E-state index in [1.165, 1.54) is 7.11 Å². The largest absolute Gasteiger partial charge is 0.369 e. The first kappa shape index (κ1) is 21.4. The number of methoxy groups -OCH3 is 1. The van der Waals surface area contributed by atoms with Crippen LogP contribution in [0.25, 0.3) is 0 Å². The van der Waals surface area contributed by atoms with Crippen molar-refractivity contribution in [3.05, 3.63) is 71.8 Å². The third-order valence-corrected chi connectivity index (χ3v) is 6.40. The fraction of sp³-hybridized carbons (Fsp3) is 0.429. The van der Waals surface area contributed by atoms with Gasteiger partial charge in [0, 0.05) is 12.7 Å². The first-order valence-electron chi connectivity index (χ1n) is 9.59. The highest BCUT2D eigenvalue weighted by molar-refractivity contribution is 7.86. The maximum absolute atomic E-state index is 12.2. The van der Waals surface area contributed by atoms with Gasteiger partial charge in [-0.1, -0.05) is 60.7 Å². The van der Waals surface area contributed by atoms with Crippen LogP contribution in [0, 0.1) is 0 Å². The second-order valence-corrected chi connectivity index (χ2v) is 8.77. The van der Waals surface area contributed by atoms with E-state index in [9.17, 15) is 13.0 Å². The molecule has 0 radical (unpaired) electrons. The Kier molecular flexibility index (Phi) is 6.49. The van der Waals surface area contributed by atoms with Crippen molar-refractivity contribution in [1.82, 2.24) is 0 Å². The molecule has 2 aliphatic heterocycles. The van der Waals surface area contributed by atoms with Crippen LogP contribution in [0.5, 0.6) is 0 Å². The van der Waals surface area contributed by atoms with Gasteiger partial charge < -0.3 is 23.7 Å². The molecule has 0 bridgehead atoms. The topological polar surface area (TPSA) is 101 Å². The predicted octanol–water partition coefficient (Wildman–Crippen LogP) is 2.31. The molecule has 0 saturated carbocycles. The van der Waals surface area contributed by atoms with Crippen molar-refractivity contribution in [2.24, 2.45) is 0 Å². The first-order chi connectivity index (χ1) is 14.5. The molecule has 9 heteroatoms. The summed E-state index contributed by atoms with van der Waals surface area (Å²) in [7, 11) is -3.25. The molecule has 0 aliphatic carbocycles. The van der Waals surface area contributed by atoms with Crippen LogP contribution >= 0.6 is 0 Å². The van der Waals surface area contributed by atoms with Crippen LogP contribution in [-0.2, 0) is 40.4 Å². The average molecular weight is 436 g/mol. The lowest BCUT2D eigenvalue weighted by atomic mass is 9.99. The molecule has 30 heavy (non-hydrogen) atoms. The van der Waals surface area contributed by atoms with Gasteiger partial charge >= 0.3 is 0 Å². The quantitative estimate of drug-likeness (QED) is 0.689. The third kappa shape index (κ3) is 4.57. The van der Waals surface area contributed by atoms with Crippen LogP contribution in [0.15, 0.2) is 60.7 Å². The minimum absolute atomic E-state index is 0.136. The number of hydrogen-bond donors (Lipinski definition) is 1. The van der Waals surface area contributed by atoms with Crippen molar-refractivity contribution < 1.29 is 36.7 Å². The minimum Gasteiger partial charge on any atom is -0.369 e. The highest BCUT2D eigenvalue weighted by atomic mass is 32.2. The number of ether oxygens (including phenoxy) is 5. The summed E-state index contributed by atoms with van der Waals surface area (Å²) in [5, 5.41) is -1.47. The first-order valence-corrected chi connectivity index (χ1v) is 11.1. The molecule has 2 heterocycles. The zero-order chi connectivity index (χ0) is 21.1. The summed E-state index contributed by atoms with van der Waals surface area (Å²) in [5.41, 5.74) is 1.64. The van der Waals surface area contributed by atoms with Crippen LogP contribution in [-0.4, -0.2) is 56.5 Å². The van der Waals surface area contributed by atoms with Crippen molar-refractivity contribution in [2.45, 2.75) is 42.7 Å². The van der Waals surface area contributed by atoms with Gasteiger partial charge in [-0.3, -0.25) is 4.55 Å². The highest BCUT2D eigenvalue weighted by Gasteiger charge is 2.55. The van der Waals surface area contributed by atoms with Crippen molar-refractivity contribution in [3.8, 4) is 0 Å². The van der Waals surface area contributed by atoms with E-state index in [-0.39, 0.29) is 13.2 Å². The van der Waals surface area contributed by atoms with E-state index in [1.54, 1.807) is 0 Å². The third-order valence-electron chi connectivity index (χ3n) is 5.22. The molecule has 0 aromatic heterocycles. The van der Waals surface area contributed by atoms with E-state index in [0.717, 1.165) is 11.1 Å². The van der Waals surface area contributed by atoms with Crippen molar-refractivity contribution in [1.29, 1.82) is 0 Å². The average Bonchev–Trinajstić information content (AvgIpc) is 2.77. The maximum atomic E-state index is 12.2. The fourth-order valence-corrected chi connectivity index (χ4v) is 4.81. The zero-order valence-electron chi connectivity index (χ0n) is 16.4. The minimum atomic E-state index is -4.57. The summed E-state index contributed by atoms with van der Waals surface area (Å²) in [6.45, 7) is 0.297. The lowest BCUT2D eigenvalue weighted by Crippen LogP contribution is -2.64. The normalized spacial score (nSPS) is 31.8. The smallest absolute Gasteiger partial charge is 0.275 e. The van der Waals surface area contributed by atoms with Gasteiger partial charge in [-0.15, -0.1) is 0 Å². The van der Waals surface area contributed by atoms with Crippen molar-refractivity contribution >= 4 is 10.1 Å². The molecule has 2 fully saturated rings. The van der Waals surface area contributed by atoms with Gasteiger partial charge in [0.25, 0.3) is 10.1 Å². The van der Waals surface area contributed by atoms with Crippen LogP contribution in [0.1, 0.15) is 17.4 Å². The number of benzene rings is 2. The van der Waals surface area contributed by atoms with Gasteiger partial charge in [0.1, 0.15) is 18.3 Å². The zero-order valence-corrected chi connectivity index (χ0v) is 17.2. The van der Waals surface area contributed by atoms with Gasteiger partial charge in [0.15, 0.2) is 17.8 Å². The number of fused-ring (bicyclic) bond motifs is 1. The predicted molar refractivity (Wildman–Crippen MR) is 106 cm³/mol. The van der Waals surface area contributed by atoms with Crippen LogP contribution < -0.4 is 0 Å². The molecule has 6 atom stereocenters. The van der Waals surface area contributed by atoms with Gasteiger partial charge in [-0.2, -0.15) is 8.42 Å². The van der Waals surface area contributed by atoms with E-state index >= 15 is 0 Å². The molecular weight excluding hydrogens is 412 g/mol. The summed E-state index contributed by atoms with van der Waals surface area (Å²) >= 11 is 0. The summed E-state index contributed by atoms with van der Waals surface area (Å²) in [6, 6.07) is 18.6. The van der Waals surface area contributed by atoms with Gasteiger partial charge in [-0.25, -0.2) is 0 Å². The van der Waals surface area contributed by atoms with Gasteiger partial charge in [0.2, 0.25) is 0 Å². The van der Waals surface area contributed by atoms with E-state index in [2.05, 4.69) is 0 Å². The van der Waals surface area contributed by atoms with E-state index in [4.69, 9.17) is 23.7 Å². The lowest BCUT2D eigenvalue weighted by Gasteiger charge is -2.47. The van der Waals surface area contributed by atoms with Gasteiger partial charge in [-0.05, 0) is 5.56 Å². The summed E-state index contributed by atoms with van der Waals surface area (Å²) < 4.78 is 63.3. The second kappa shape index (κ2) is 9.11. The van der Waals surface area contributed by atoms with E-state index in [1.807, 2.05) is 60.7 Å². The Morgan fingerprint density at radius 1 is 1.03 bits per heavy atom. The Morgan fingerprint density at radius 3 is 2.33 bits per heavy atom. The number of hydrogen-bond acceptors (Lipinski definition) is 7. The van der Waals surface area contributed by atoms with Crippen LogP contribution in [0.4, 0.5) is 0 Å². The highest BCUT2D eigenvalue weighted by Crippen LogP contribution is 2.37. The van der Waals surface area contributed by atoms with E-state index < -0.39 is 46.3 Å². The van der Waals surface area contributed by atoms with Crippen LogP contribution in [0.2, 0.25) is 0 Å². The lowest BCUT2D eigenvalue weighted by molar-refractivity contribution is -0.338. The molecule has 0 amide bonds. The SMILES string of the molecule is CO[C@H]1O[C@@H]2CO[C@@H](c3ccccc3)O[C@H]2[C@H](OCc2ccccc2)[C@@H]1S(=O)(=O)O.